The molecule has 4 aromatic rings. The number of amides is 1. The number of aryl methyl sites for hydroxylation is 2. The number of nitrogens with zero attached hydrogens (tertiary/aromatic N) is 1. The van der Waals surface area contributed by atoms with Crippen LogP contribution < -0.4 is 10.1 Å². The first-order valence-electron chi connectivity index (χ1n) is 10.2. The van der Waals surface area contributed by atoms with E-state index in [1.54, 1.807) is 55.3 Å². The first kappa shape index (κ1) is 21.7. The van der Waals surface area contributed by atoms with Gasteiger partial charge in [-0.15, -0.1) is 11.8 Å². The molecule has 0 saturated carbocycles. The highest BCUT2D eigenvalue weighted by Gasteiger charge is 2.13. The number of benzene rings is 3. The number of carbonyl (C=O) groups is 1. The Balaban J connectivity index is 1.41. The molecule has 0 aliphatic carbocycles. The van der Waals surface area contributed by atoms with Crippen LogP contribution in [0.5, 0.6) is 5.75 Å². The van der Waals surface area contributed by atoms with Crippen LogP contribution in [0.3, 0.4) is 0 Å². The van der Waals surface area contributed by atoms with Crippen molar-refractivity contribution in [3.8, 4) is 17.2 Å². The van der Waals surface area contributed by atoms with E-state index in [4.69, 9.17) is 9.15 Å². The van der Waals surface area contributed by atoms with Gasteiger partial charge >= 0.3 is 0 Å². The van der Waals surface area contributed by atoms with Gasteiger partial charge in [0.05, 0.1) is 12.8 Å². The molecule has 0 fully saturated rings. The normalized spacial score (nSPS) is 10.7. The SMILES string of the molecule is COc1ccc(NC(=O)c2ccc(-c3nc(CSc4ccc(C)cc4)c(C)o3)cc2)cc1. The van der Waals surface area contributed by atoms with Crippen molar-refractivity contribution in [3.05, 3.63) is 95.4 Å². The molecule has 1 heterocycles. The number of ether oxygens (including phenoxy) is 1. The average Bonchev–Trinajstić information content (AvgIpc) is 3.19. The molecule has 0 bridgehead atoms. The van der Waals surface area contributed by atoms with Crippen molar-refractivity contribution in [2.45, 2.75) is 24.5 Å². The number of aromatic nitrogens is 1. The lowest BCUT2D eigenvalue weighted by Gasteiger charge is -2.06. The van der Waals surface area contributed by atoms with Crippen molar-refractivity contribution in [2.75, 3.05) is 12.4 Å². The molecule has 6 heteroatoms. The summed E-state index contributed by atoms with van der Waals surface area (Å²) in [7, 11) is 1.61. The van der Waals surface area contributed by atoms with Gasteiger partial charge in [-0.1, -0.05) is 17.7 Å². The molecule has 0 saturated heterocycles. The Morgan fingerprint density at radius 2 is 1.66 bits per heavy atom. The van der Waals surface area contributed by atoms with Gasteiger partial charge in [-0.2, -0.15) is 0 Å². The predicted octanol–water partition coefficient (Wildman–Crippen LogP) is 6.51. The van der Waals surface area contributed by atoms with E-state index in [1.807, 2.05) is 19.1 Å². The second kappa shape index (κ2) is 9.75. The highest BCUT2D eigenvalue weighted by Crippen LogP contribution is 2.28. The molecule has 162 valence electrons. The Bertz CT molecular complexity index is 1200. The van der Waals surface area contributed by atoms with Gasteiger partial charge in [0.15, 0.2) is 0 Å². The van der Waals surface area contributed by atoms with Crippen LogP contribution in [0.2, 0.25) is 0 Å². The lowest BCUT2D eigenvalue weighted by Crippen LogP contribution is -2.11. The summed E-state index contributed by atoms with van der Waals surface area (Å²) in [6, 6.07) is 22.9. The van der Waals surface area contributed by atoms with E-state index in [9.17, 15) is 4.79 Å². The number of hydrogen-bond acceptors (Lipinski definition) is 5. The fourth-order valence-corrected chi connectivity index (χ4v) is 4.01. The zero-order valence-electron chi connectivity index (χ0n) is 18.2. The third-order valence-corrected chi connectivity index (χ3v) is 6.05. The molecule has 0 unspecified atom stereocenters. The van der Waals surface area contributed by atoms with Gasteiger partial charge < -0.3 is 14.5 Å². The molecule has 32 heavy (non-hydrogen) atoms. The Morgan fingerprint density at radius 3 is 2.31 bits per heavy atom. The minimum atomic E-state index is -0.180. The summed E-state index contributed by atoms with van der Waals surface area (Å²) in [5.74, 6) is 2.66. The summed E-state index contributed by atoms with van der Waals surface area (Å²) < 4.78 is 11.0. The third-order valence-electron chi connectivity index (χ3n) is 5.03. The van der Waals surface area contributed by atoms with Crippen LogP contribution in [0.1, 0.15) is 27.4 Å². The monoisotopic (exact) mass is 444 g/mol. The van der Waals surface area contributed by atoms with E-state index >= 15 is 0 Å². The van der Waals surface area contributed by atoms with Gasteiger partial charge in [-0.05, 0) is 74.5 Å². The van der Waals surface area contributed by atoms with Crippen LogP contribution in [-0.2, 0) is 5.75 Å². The summed E-state index contributed by atoms with van der Waals surface area (Å²) >= 11 is 1.73. The first-order valence-corrected chi connectivity index (χ1v) is 11.2. The van der Waals surface area contributed by atoms with Crippen LogP contribution in [0, 0.1) is 13.8 Å². The number of anilines is 1. The van der Waals surface area contributed by atoms with E-state index in [-0.39, 0.29) is 5.91 Å². The largest absolute Gasteiger partial charge is 0.497 e. The van der Waals surface area contributed by atoms with Crippen LogP contribution >= 0.6 is 11.8 Å². The minimum absolute atomic E-state index is 0.180. The van der Waals surface area contributed by atoms with Crippen LogP contribution in [-0.4, -0.2) is 18.0 Å². The number of rotatable bonds is 7. The van der Waals surface area contributed by atoms with Crippen molar-refractivity contribution in [2.24, 2.45) is 0 Å². The number of nitrogens with one attached hydrogen (secondary N) is 1. The second-order valence-electron chi connectivity index (χ2n) is 7.38. The maximum Gasteiger partial charge on any atom is 0.255 e. The molecule has 1 N–H and O–H groups in total. The molecular weight excluding hydrogens is 420 g/mol. The van der Waals surface area contributed by atoms with Crippen LogP contribution in [0.15, 0.2) is 82.1 Å². The summed E-state index contributed by atoms with van der Waals surface area (Å²) in [5.41, 5.74) is 4.27. The smallest absolute Gasteiger partial charge is 0.255 e. The zero-order chi connectivity index (χ0) is 22.5. The average molecular weight is 445 g/mol. The molecule has 0 aliphatic rings. The summed E-state index contributed by atoms with van der Waals surface area (Å²) in [5, 5.41) is 2.88. The van der Waals surface area contributed by atoms with Gasteiger partial charge in [-0.25, -0.2) is 4.98 Å². The van der Waals surface area contributed by atoms with E-state index in [0.29, 0.717) is 17.1 Å². The molecule has 5 nitrogen and oxygen atoms in total. The fourth-order valence-electron chi connectivity index (χ4n) is 3.11. The van der Waals surface area contributed by atoms with Crippen molar-refractivity contribution in [3.63, 3.8) is 0 Å². The lowest BCUT2D eigenvalue weighted by atomic mass is 10.1. The van der Waals surface area contributed by atoms with Gasteiger partial charge in [0, 0.05) is 27.5 Å². The number of oxazole rings is 1. The molecule has 4 rings (SSSR count). The second-order valence-corrected chi connectivity index (χ2v) is 8.43. The molecule has 0 spiro atoms. The Labute approximate surface area is 191 Å². The number of thioether (sulfide) groups is 1. The Kier molecular flexibility index (Phi) is 6.61. The zero-order valence-corrected chi connectivity index (χ0v) is 19.0. The van der Waals surface area contributed by atoms with E-state index < -0.39 is 0 Å². The molecule has 3 aromatic carbocycles. The maximum atomic E-state index is 12.5. The standard InChI is InChI=1S/C26H24N2O3S/c1-17-4-14-23(15-5-17)32-16-24-18(2)31-26(28-24)20-8-6-19(7-9-20)25(29)27-21-10-12-22(30-3)13-11-21/h4-15H,16H2,1-3H3,(H,27,29). The van der Waals surface area contributed by atoms with Crippen molar-refractivity contribution >= 4 is 23.4 Å². The molecule has 1 aromatic heterocycles. The molecular formula is C26H24N2O3S. The summed E-state index contributed by atoms with van der Waals surface area (Å²) in [6.45, 7) is 4.01. The lowest BCUT2D eigenvalue weighted by molar-refractivity contribution is 0.102. The topological polar surface area (TPSA) is 64.4 Å². The molecule has 0 aliphatic heterocycles. The van der Waals surface area contributed by atoms with Gasteiger partial charge in [0.2, 0.25) is 5.89 Å². The predicted molar refractivity (Wildman–Crippen MR) is 128 cm³/mol. The summed E-state index contributed by atoms with van der Waals surface area (Å²) in [4.78, 5) is 18.4. The van der Waals surface area contributed by atoms with Crippen LogP contribution in [0.25, 0.3) is 11.5 Å². The summed E-state index contributed by atoms with van der Waals surface area (Å²) in [6.07, 6.45) is 0. The highest BCUT2D eigenvalue weighted by molar-refractivity contribution is 7.98. The Morgan fingerprint density at radius 1 is 0.969 bits per heavy atom. The van der Waals surface area contributed by atoms with Crippen LogP contribution in [0.4, 0.5) is 5.69 Å². The van der Waals surface area contributed by atoms with Crippen molar-refractivity contribution in [1.29, 1.82) is 0 Å². The van der Waals surface area contributed by atoms with E-state index in [0.717, 1.165) is 28.5 Å². The Hall–Kier alpha value is -3.51. The van der Waals surface area contributed by atoms with Gasteiger partial charge in [0.1, 0.15) is 11.5 Å². The van der Waals surface area contributed by atoms with Gasteiger partial charge in [0.25, 0.3) is 5.91 Å². The molecule has 0 radical (unpaired) electrons. The maximum absolute atomic E-state index is 12.5. The fraction of sp³-hybridized carbons (Fsp3) is 0.154. The van der Waals surface area contributed by atoms with Gasteiger partial charge in [-0.3, -0.25) is 4.79 Å². The van der Waals surface area contributed by atoms with Crippen molar-refractivity contribution < 1.29 is 13.9 Å². The quantitative estimate of drug-likeness (QED) is 0.329. The first-order chi connectivity index (χ1) is 15.5. The molecule has 1 amide bonds. The van der Waals surface area contributed by atoms with E-state index in [1.165, 1.54) is 10.5 Å². The number of hydrogen-bond donors (Lipinski definition) is 1. The minimum Gasteiger partial charge on any atom is -0.497 e. The van der Waals surface area contributed by atoms with Crippen molar-refractivity contribution in [1.82, 2.24) is 4.98 Å². The molecule has 0 atom stereocenters. The number of carbonyl (C=O) groups excluding carboxylic acids is 1. The van der Waals surface area contributed by atoms with E-state index in [2.05, 4.69) is 41.5 Å². The highest BCUT2D eigenvalue weighted by atomic mass is 32.2. The third kappa shape index (κ3) is 5.21. The number of methoxy groups -OCH3 is 1.